The second-order valence-corrected chi connectivity index (χ2v) is 5.08. The highest BCUT2D eigenvalue weighted by molar-refractivity contribution is 6.19. The zero-order valence-corrected chi connectivity index (χ0v) is 13.1. The third-order valence-corrected chi connectivity index (χ3v) is 3.55. The van der Waals surface area contributed by atoms with Gasteiger partial charge in [0.05, 0.1) is 5.71 Å². The van der Waals surface area contributed by atoms with Crippen molar-refractivity contribution in [2.45, 2.75) is 39.0 Å². The summed E-state index contributed by atoms with van der Waals surface area (Å²) in [6.45, 7) is 3.93. The molecule has 1 aromatic rings. The van der Waals surface area contributed by atoms with Crippen LogP contribution in [-0.4, -0.2) is 18.8 Å². The summed E-state index contributed by atoms with van der Waals surface area (Å²) in [7, 11) is 0. The Morgan fingerprint density at radius 2 is 1.80 bits per heavy atom. The molecule has 0 radical (unpaired) electrons. The second kappa shape index (κ2) is 8.93. The molecule has 3 heteroatoms. The van der Waals surface area contributed by atoms with Crippen molar-refractivity contribution < 1.29 is 0 Å². The van der Waals surface area contributed by atoms with Gasteiger partial charge in [0, 0.05) is 12.1 Å². The van der Waals surface area contributed by atoms with Crippen molar-refractivity contribution in [2.75, 3.05) is 13.1 Å². The lowest BCUT2D eigenvalue weighted by atomic mass is 10.0. The third-order valence-electron chi connectivity index (χ3n) is 3.55. The van der Waals surface area contributed by atoms with E-state index in [0.717, 1.165) is 25.9 Å². The normalized spacial score (nSPS) is 14.9. The Hall–Kier alpha value is -1.12. The molecule has 0 fully saturated rings. The Balaban J connectivity index is 0.00000200. The molecule has 0 saturated heterocycles. The number of nitrogens with zero attached hydrogens (tertiary/aromatic N) is 1. The highest BCUT2D eigenvalue weighted by atomic mass is 35.5. The fraction of sp³-hybridized carbons (Fsp3) is 0.471. The minimum absolute atomic E-state index is 0. The average molecular weight is 293 g/mol. The van der Waals surface area contributed by atoms with E-state index < -0.39 is 0 Å². The number of benzene rings is 1. The van der Waals surface area contributed by atoms with Gasteiger partial charge >= 0.3 is 0 Å². The molecule has 0 bridgehead atoms. The molecule has 0 spiro atoms. The van der Waals surface area contributed by atoms with Crippen molar-refractivity contribution in [2.24, 2.45) is 10.7 Å². The van der Waals surface area contributed by atoms with Crippen LogP contribution in [0.4, 0.5) is 0 Å². The van der Waals surface area contributed by atoms with Crippen LogP contribution in [0, 0.1) is 0 Å². The third kappa shape index (κ3) is 4.19. The Kier molecular flexibility index (Phi) is 7.56. The van der Waals surface area contributed by atoms with Crippen LogP contribution in [-0.2, 0) is 0 Å². The zero-order valence-electron chi connectivity index (χ0n) is 12.3. The summed E-state index contributed by atoms with van der Waals surface area (Å²) in [6, 6.07) is 8.62. The highest BCUT2D eigenvalue weighted by Gasteiger charge is 2.17. The van der Waals surface area contributed by atoms with Gasteiger partial charge in [-0.05, 0) is 49.4 Å². The van der Waals surface area contributed by atoms with E-state index >= 15 is 0 Å². The van der Waals surface area contributed by atoms with Crippen molar-refractivity contribution in [3.05, 3.63) is 41.5 Å². The Morgan fingerprint density at radius 3 is 2.50 bits per heavy atom. The van der Waals surface area contributed by atoms with Gasteiger partial charge in [-0.15, -0.1) is 12.4 Å². The smallest absolute Gasteiger partial charge is 0.0655 e. The molecule has 0 saturated carbocycles. The molecule has 0 atom stereocenters. The molecule has 0 heterocycles. The van der Waals surface area contributed by atoms with Gasteiger partial charge in [-0.25, -0.2) is 0 Å². The van der Waals surface area contributed by atoms with Crippen LogP contribution in [0.15, 0.2) is 35.3 Å². The maximum atomic E-state index is 5.57. The number of fused-ring (bicyclic) bond motifs is 1. The van der Waals surface area contributed by atoms with E-state index in [1.54, 1.807) is 0 Å². The first-order valence-corrected chi connectivity index (χ1v) is 7.41. The predicted octanol–water partition coefficient (Wildman–Crippen LogP) is 4.22. The molecule has 0 aromatic heterocycles. The summed E-state index contributed by atoms with van der Waals surface area (Å²) in [4.78, 5) is 4.75. The first kappa shape index (κ1) is 16.9. The lowest BCUT2D eigenvalue weighted by Gasteiger charge is -2.04. The molecule has 1 aromatic carbocycles. The van der Waals surface area contributed by atoms with Gasteiger partial charge in [-0.1, -0.05) is 37.6 Å². The number of aliphatic imine (C=N–C) groups is 1. The van der Waals surface area contributed by atoms with Crippen LogP contribution in [0.25, 0.3) is 5.57 Å². The fourth-order valence-electron chi connectivity index (χ4n) is 2.46. The number of halogens is 1. The molecule has 2 rings (SSSR count). The summed E-state index contributed by atoms with van der Waals surface area (Å²) in [6.07, 6.45) is 8.02. The van der Waals surface area contributed by atoms with E-state index in [0.29, 0.717) is 0 Å². The number of hydrogen-bond donors (Lipinski definition) is 1. The number of nitrogens with two attached hydrogens (primary N) is 1. The summed E-state index contributed by atoms with van der Waals surface area (Å²) in [5, 5.41) is 0. The van der Waals surface area contributed by atoms with Gasteiger partial charge in [0.25, 0.3) is 0 Å². The predicted molar refractivity (Wildman–Crippen MR) is 90.9 cm³/mol. The molecule has 20 heavy (non-hydrogen) atoms. The minimum atomic E-state index is 0. The zero-order chi connectivity index (χ0) is 13.5. The lowest BCUT2D eigenvalue weighted by molar-refractivity contribution is 0.766. The van der Waals surface area contributed by atoms with Crippen molar-refractivity contribution in [1.82, 2.24) is 0 Å². The molecular weight excluding hydrogens is 268 g/mol. The van der Waals surface area contributed by atoms with E-state index in [2.05, 4.69) is 37.3 Å². The molecule has 2 nitrogen and oxygen atoms in total. The lowest BCUT2D eigenvalue weighted by Crippen LogP contribution is -1.97. The summed E-state index contributed by atoms with van der Waals surface area (Å²) >= 11 is 0. The van der Waals surface area contributed by atoms with Gasteiger partial charge in [0.2, 0.25) is 0 Å². The number of unbranched alkanes of at least 4 members (excludes halogenated alkanes) is 2. The average Bonchev–Trinajstić information content (AvgIpc) is 2.79. The molecule has 1 aliphatic rings. The summed E-state index contributed by atoms with van der Waals surface area (Å²) in [5.41, 5.74) is 10.9. The fourth-order valence-corrected chi connectivity index (χ4v) is 2.46. The minimum Gasteiger partial charge on any atom is -0.330 e. The summed E-state index contributed by atoms with van der Waals surface area (Å²) < 4.78 is 0. The maximum Gasteiger partial charge on any atom is 0.0655 e. The topological polar surface area (TPSA) is 38.4 Å². The molecule has 2 N–H and O–H groups in total. The van der Waals surface area contributed by atoms with Crippen LogP contribution in [0.2, 0.25) is 0 Å². The van der Waals surface area contributed by atoms with Crippen molar-refractivity contribution >= 4 is 23.7 Å². The van der Waals surface area contributed by atoms with Crippen LogP contribution < -0.4 is 5.73 Å². The van der Waals surface area contributed by atoms with E-state index in [1.807, 2.05) is 0 Å². The standard InChI is InChI=1S/C17H24N2.ClH/c1-2-3-12-19-17-13-14(8-6-7-11-18)15-9-4-5-10-16(15)17;/h4-5,9-10,13H,2-3,6-8,11-12,18H2,1H3;1H. The van der Waals surface area contributed by atoms with Gasteiger partial charge in [-0.3, -0.25) is 4.99 Å². The molecular formula is C17H25ClN2. The van der Waals surface area contributed by atoms with Gasteiger partial charge in [-0.2, -0.15) is 0 Å². The molecule has 0 unspecified atom stereocenters. The molecule has 0 amide bonds. The largest absolute Gasteiger partial charge is 0.330 e. The van der Waals surface area contributed by atoms with Gasteiger partial charge in [0.15, 0.2) is 0 Å². The van der Waals surface area contributed by atoms with E-state index in [1.165, 1.54) is 41.7 Å². The maximum absolute atomic E-state index is 5.57. The van der Waals surface area contributed by atoms with Crippen LogP contribution >= 0.6 is 12.4 Å². The number of allylic oxidation sites excluding steroid dienone is 2. The molecule has 1 aliphatic carbocycles. The quantitative estimate of drug-likeness (QED) is 0.751. The second-order valence-electron chi connectivity index (χ2n) is 5.08. The molecule has 0 aliphatic heterocycles. The first-order chi connectivity index (χ1) is 9.36. The van der Waals surface area contributed by atoms with E-state index in [9.17, 15) is 0 Å². The Morgan fingerprint density at radius 1 is 1.05 bits per heavy atom. The van der Waals surface area contributed by atoms with Crippen LogP contribution in [0.1, 0.15) is 50.2 Å². The van der Waals surface area contributed by atoms with E-state index in [-0.39, 0.29) is 12.4 Å². The van der Waals surface area contributed by atoms with E-state index in [4.69, 9.17) is 10.7 Å². The van der Waals surface area contributed by atoms with Crippen LogP contribution in [0.5, 0.6) is 0 Å². The Labute approximate surface area is 128 Å². The summed E-state index contributed by atoms with van der Waals surface area (Å²) in [5.74, 6) is 0. The number of rotatable bonds is 7. The van der Waals surface area contributed by atoms with Crippen molar-refractivity contribution in [1.29, 1.82) is 0 Å². The Bertz CT molecular complexity index is 478. The van der Waals surface area contributed by atoms with Gasteiger partial charge in [0.1, 0.15) is 0 Å². The van der Waals surface area contributed by atoms with Crippen LogP contribution in [0.3, 0.4) is 0 Å². The van der Waals surface area contributed by atoms with Crippen molar-refractivity contribution in [3.63, 3.8) is 0 Å². The number of hydrogen-bond acceptors (Lipinski definition) is 2. The van der Waals surface area contributed by atoms with Crippen molar-refractivity contribution in [3.8, 4) is 0 Å². The highest BCUT2D eigenvalue weighted by Crippen LogP contribution is 2.31. The SMILES string of the molecule is CCCCN=C1C=C(CCCCN)c2ccccc21.Cl. The monoisotopic (exact) mass is 292 g/mol. The first-order valence-electron chi connectivity index (χ1n) is 7.41. The molecule has 110 valence electrons. The van der Waals surface area contributed by atoms with Gasteiger partial charge < -0.3 is 5.73 Å².